The largest absolute Gasteiger partial charge is 0.309 e. The molecule has 1 atom stereocenters. The number of aromatic nitrogens is 2. The molecular weight excluding hydrogens is 252 g/mol. The van der Waals surface area contributed by atoms with Crippen LogP contribution >= 0.6 is 0 Å². The molecule has 1 aromatic rings. The van der Waals surface area contributed by atoms with Gasteiger partial charge in [0.1, 0.15) is 5.82 Å². The molecule has 2 heterocycles. The maximum atomic E-state index is 11.9. The van der Waals surface area contributed by atoms with Crippen molar-refractivity contribution in [3.63, 3.8) is 0 Å². The highest BCUT2D eigenvalue weighted by molar-refractivity contribution is 5.14. The number of hydrogen-bond donors (Lipinski definition) is 1. The first-order valence-corrected chi connectivity index (χ1v) is 7.28. The van der Waals surface area contributed by atoms with Crippen molar-refractivity contribution in [1.82, 2.24) is 19.8 Å². The quantitative estimate of drug-likeness (QED) is 0.843. The van der Waals surface area contributed by atoms with E-state index in [2.05, 4.69) is 49.7 Å². The Bertz CT molecular complexity index is 517. The third kappa shape index (κ3) is 3.46. The van der Waals surface area contributed by atoms with Gasteiger partial charge in [0, 0.05) is 18.0 Å². The maximum Gasteiger partial charge on any atom is 0.251 e. The van der Waals surface area contributed by atoms with Crippen molar-refractivity contribution in [2.24, 2.45) is 0 Å². The van der Waals surface area contributed by atoms with Gasteiger partial charge in [-0.1, -0.05) is 20.8 Å². The van der Waals surface area contributed by atoms with Gasteiger partial charge >= 0.3 is 0 Å². The molecule has 1 aliphatic rings. The molecular formula is C15H26N4O. The minimum atomic E-state index is -0.113. The van der Waals surface area contributed by atoms with Crippen LogP contribution in [0.25, 0.3) is 0 Å². The van der Waals surface area contributed by atoms with Crippen LogP contribution in [0.15, 0.2) is 10.9 Å². The normalized spacial score (nSPS) is 22.8. The molecule has 1 unspecified atom stereocenters. The second-order valence-electron chi connectivity index (χ2n) is 6.88. The summed E-state index contributed by atoms with van der Waals surface area (Å²) in [6.07, 6.45) is 1.15. The van der Waals surface area contributed by atoms with Crippen molar-refractivity contribution in [3.05, 3.63) is 27.9 Å². The Morgan fingerprint density at radius 2 is 2.00 bits per heavy atom. The molecule has 5 heteroatoms. The van der Waals surface area contributed by atoms with E-state index in [4.69, 9.17) is 4.98 Å². The van der Waals surface area contributed by atoms with E-state index in [-0.39, 0.29) is 17.0 Å². The van der Waals surface area contributed by atoms with E-state index in [0.29, 0.717) is 0 Å². The molecule has 0 aromatic carbocycles. The van der Waals surface area contributed by atoms with Crippen molar-refractivity contribution in [1.29, 1.82) is 0 Å². The standard InChI is InChI=1S/C15H26N4O/c1-15(2,3)12-9-13(20)17-14(16-12)11-10-18(4)7-6-8-19(11)5/h9,11H,6-8,10H2,1-5H3,(H,16,17,20). The van der Waals surface area contributed by atoms with Crippen LogP contribution < -0.4 is 5.56 Å². The van der Waals surface area contributed by atoms with E-state index in [1.54, 1.807) is 6.07 Å². The van der Waals surface area contributed by atoms with Gasteiger partial charge in [0.2, 0.25) is 0 Å². The van der Waals surface area contributed by atoms with E-state index in [9.17, 15) is 4.79 Å². The zero-order valence-corrected chi connectivity index (χ0v) is 13.2. The Kier molecular flexibility index (Phi) is 4.30. The van der Waals surface area contributed by atoms with Crippen molar-refractivity contribution >= 4 is 0 Å². The highest BCUT2D eigenvalue weighted by Gasteiger charge is 2.26. The molecule has 1 N–H and O–H groups in total. The zero-order chi connectivity index (χ0) is 14.9. The summed E-state index contributed by atoms with van der Waals surface area (Å²) in [6, 6.07) is 1.77. The third-order valence-electron chi connectivity index (χ3n) is 3.91. The highest BCUT2D eigenvalue weighted by atomic mass is 16.1. The van der Waals surface area contributed by atoms with Gasteiger partial charge in [-0.3, -0.25) is 9.69 Å². The van der Waals surface area contributed by atoms with Gasteiger partial charge in [0.15, 0.2) is 0 Å². The van der Waals surface area contributed by atoms with Crippen LogP contribution in [0.3, 0.4) is 0 Å². The van der Waals surface area contributed by atoms with Crippen LogP contribution in [0, 0.1) is 0 Å². The lowest BCUT2D eigenvalue weighted by molar-refractivity contribution is 0.218. The van der Waals surface area contributed by atoms with Gasteiger partial charge in [-0.15, -0.1) is 0 Å². The average molecular weight is 278 g/mol. The molecule has 1 aliphatic heterocycles. The number of rotatable bonds is 1. The predicted octanol–water partition coefficient (Wildman–Crippen LogP) is 1.38. The summed E-state index contributed by atoms with van der Waals surface area (Å²) >= 11 is 0. The number of nitrogens with zero attached hydrogens (tertiary/aromatic N) is 3. The Balaban J connectivity index is 2.40. The maximum absolute atomic E-state index is 11.9. The molecule has 2 rings (SSSR count). The second-order valence-corrected chi connectivity index (χ2v) is 6.88. The Morgan fingerprint density at radius 1 is 1.30 bits per heavy atom. The number of aromatic amines is 1. The molecule has 0 spiro atoms. The lowest BCUT2D eigenvalue weighted by Gasteiger charge is -2.27. The van der Waals surface area contributed by atoms with Crippen molar-refractivity contribution in [2.75, 3.05) is 33.7 Å². The molecule has 20 heavy (non-hydrogen) atoms. The summed E-state index contributed by atoms with van der Waals surface area (Å²) < 4.78 is 0. The fraction of sp³-hybridized carbons (Fsp3) is 0.733. The minimum absolute atomic E-state index is 0.0553. The van der Waals surface area contributed by atoms with E-state index >= 15 is 0 Å². The van der Waals surface area contributed by atoms with E-state index in [1.165, 1.54) is 0 Å². The topological polar surface area (TPSA) is 52.2 Å². The molecule has 1 saturated heterocycles. The number of likely N-dealkylation sites (N-methyl/N-ethyl adjacent to an activating group) is 2. The van der Waals surface area contributed by atoms with Crippen LogP contribution in [0.1, 0.15) is 44.8 Å². The van der Waals surface area contributed by atoms with Gasteiger partial charge in [-0.05, 0) is 33.6 Å². The van der Waals surface area contributed by atoms with Gasteiger partial charge in [-0.2, -0.15) is 0 Å². The molecule has 0 saturated carbocycles. The summed E-state index contributed by atoms with van der Waals surface area (Å²) in [5, 5.41) is 0. The smallest absolute Gasteiger partial charge is 0.251 e. The SMILES string of the molecule is CN1CCCN(C)C(c2nc(C(C)(C)C)cc(=O)[nH]2)C1. The molecule has 112 valence electrons. The van der Waals surface area contributed by atoms with Crippen molar-refractivity contribution in [3.8, 4) is 0 Å². The summed E-state index contributed by atoms with van der Waals surface area (Å²) in [6.45, 7) is 9.26. The fourth-order valence-corrected chi connectivity index (χ4v) is 2.59. The van der Waals surface area contributed by atoms with Crippen LogP contribution in [0.2, 0.25) is 0 Å². The molecule has 0 radical (unpaired) electrons. The van der Waals surface area contributed by atoms with Gasteiger partial charge < -0.3 is 9.88 Å². The predicted molar refractivity (Wildman–Crippen MR) is 81.0 cm³/mol. The van der Waals surface area contributed by atoms with Crippen LogP contribution in [-0.4, -0.2) is 53.5 Å². The summed E-state index contributed by atoms with van der Waals surface area (Å²) in [5.41, 5.74) is 0.690. The van der Waals surface area contributed by atoms with Gasteiger partial charge in [0.05, 0.1) is 11.7 Å². The second kappa shape index (κ2) is 5.66. The molecule has 0 aliphatic carbocycles. The van der Waals surface area contributed by atoms with Crippen LogP contribution in [-0.2, 0) is 5.41 Å². The number of hydrogen-bond acceptors (Lipinski definition) is 4. The molecule has 1 aromatic heterocycles. The minimum Gasteiger partial charge on any atom is -0.309 e. The fourth-order valence-electron chi connectivity index (χ4n) is 2.59. The summed E-state index contributed by atoms with van der Waals surface area (Å²) in [7, 11) is 4.23. The summed E-state index contributed by atoms with van der Waals surface area (Å²) in [4.78, 5) is 24.2. The van der Waals surface area contributed by atoms with E-state index in [0.717, 1.165) is 37.6 Å². The van der Waals surface area contributed by atoms with E-state index < -0.39 is 0 Å². The molecule has 0 bridgehead atoms. The average Bonchev–Trinajstić information content (AvgIpc) is 2.49. The van der Waals surface area contributed by atoms with Crippen LogP contribution in [0.5, 0.6) is 0 Å². The van der Waals surface area contributed by atoms with Crippen molar-refractivity contribution in [2.45, 2.75) is 38.6 Å². The molecule has 0 amide bonds. The van der Waals surface area contributed by atoms with Gasteiger partial charge in [0.25, 0.3) is 5.56 Å². The summed E-state index contributed by atoms with van der Waals surface area (Å²) in [5.74, 6) is 0.790. The number of nitrogens with one attached hydrogen (secondary N) is 1. The molecule has 1 fully saturated rings. The molecule has 5 nitrogen and oxygen atoms in total. The lowest BCUT2D eigenvalue weighted by Crippen LogP contribution is -2.34. The first-order chi connectivity index (χ1) is 9.27. The first-order valence-electron chi connectivity index (χ1n) is 7.28. The van der Waals surface area contributed by atoms with Crippen molar-refractivity contribution < 1.29 is 0 Å². The lowest BCUT2D eigenvalue weighted by atomic mass is 9.92. The highest BCUT2D eigenvalue weighted by Crippen LogP contribution is 2.23. The van der Waals surface area contributed by atoms with E-state index in [1.807, 2.05) is 0 Å². The van der Waals surface area contributed by atoms with Crippen LogP contribution in [0.4, 0.5) is 0 Å². The monoisotopic (exact) mass is 278 g/mol. The number of H-pyrrole nitrogens is 1. The van der Waals surface area contributed by atoms with Gasteiger partial charge in [-0.25, -0.2) is 4.98 Å². The Labute approximate surface area is 121 Å². The first kappa shape index (κ1) is 15.2. The Morgan fingerprint density at radius 3 is 2.65 bits per heavy atom. The third-order valence-corrected chi connectivity index (χ3v) is 3.91. The zero-order valence-electron chi connectivity index (χ0n) is 13.2. The Hall–Kier alpha value is -1.20.